The van der Waals surface area contributed by atoms with Crippen LogP contribution in [0, 0.1) is 6.92 Å². The van der Waals surface area contributed by atoms with E-state index in [1.807, 2.05) is 32.0 Å². The van der Waals surface area contributed by atoms with Gasteiger partial charge in [0.15, 0.2) is 0 Å². The van der Waals surface area contributed by atoms with Gasteiger partial charge in [0, 0.05) is 6.54 Å². The van der Waals surface area contributed by atoms with E-state index in [1.165, 1.54) is 0 Å². The Labute approximate surface area is 108 Å². The van der Waals surface area contributed by atoms with Crippen molar-refractivity contribution >= 4 is 5.97 Å². The number of nitrogens with one attached hydrogen (secondary N) is 1. The third kappa shape index (κ3) is 3.74. The van der Waals surface area contributed by atoms with E-state index in [0.29, 0.717) is 13.2 Å². The number of carbonyl (C=O) groups is 1. The van der Waals surface area contributed by atoms with E-state index in [1.54, 1.807) is 13.8 Å². The van der Waals surface area contributed by atoms with E-state index in [4.69, 9.17) is 9.84 Å². The molecule has 0 heterocycles. The van der Waals surface area contributed by atoms with Gasteiger partial charge in [-0.25, -0.2) is 0 Å². The average Bonchev–Trinajstić information content (AvgIpc) is 2.30. The van der Waals surface area contributed by atoms with Crippen molar-refractivity contribution in [2.24, 2.45) is 0 Å². The van der Waals surface area contributed by atoms with Crippen LogP contribution >= 0.6 is 0 Å². The summed E-state index contributed by atoms with van der Waals surface area (Å²) < 4.78 is 5.46. The van der Waals surface area contributed by atoms with Crippen molar-refractivity contribution in [3.8, 4) is 5.75 Å². The van der Waals surface area contributed by atoms with Gasteiger partial charge in [-0.2, -0.15) is 0 Å². The van der Waals surface area contributed by atoms with Crippen LogP contribution in [-0.4, -0.2) is 23.2 Å². The average molecular weight is 251 g/mol. The van der Waals surface area contributed by atoms with Gasteiger partial charge in [0.25, 0.3) is 0 Å². The number of carboxylic acid groups (broad SMARTS) is 1. The fraction of sp³-hybridized carbons (Fsp3) is 0.500. The molecule has 0 aromatic heterocycles. The zero-order chi connectivity index (χ0) is 13.8. The summed E-state index contributed by atoms with van der Waals surface area (Å²) in [5.74, 6) is 0.0175. The van der Waals surface area contributed by atoms with Crippen molar-refractivity contribution in [1.29, 1.82) is 0 Å². The van der Waals surface area contributed by atoms with Crippen molar-refractivity contribution in [3.63, 3.8) is 0 Å². The molecule has 0 saturated carbocycles. The Balaban J connectivity index is 2.69. The molecular formula is C14H21NO3. The molecule has 0 bridgehead atoms. The molecule has 0 amide bonds. The largest absolute Gasteiger partial charge is 0.494 e. The first-order chi connectivity index (χ1) is 8.36. The summed E-state index contributed by atoms with van der Waals surface area (Å²) in [7, 11) is 0. The van der Waals surface area contributed by atoms with Crippen LogP contribution in [0.3, 0.4) is 0 Å². The van der Waals surface area contributed by atoms with Crippen molar-refractivity contribution < 1.29 is 14.6 Å². The van der Waals surface area contributed by atoms with E-state index < -0.39 is 11.5 Å². The Morgan fingerprint density at radius 2 is 2.11 bits per heavy atom. The molecule has 2 N–H and O–H groups in total. The molecule has 1 aromatic rings. The van der Waals surface area contributed by atoms with Gasteiger partial charge in [-0.1, -0.05) is 12.1 Å². The van der Waals surface area contributed by atoms with Crippen LogP contribution in [0.1, 0.15) is 31.9 Å². The highest BCUT2D eigenvalue weighted by atomic mass is 16.5. The molecule has 0 atom stereocenters. The van der Waals surface area contributed by atoms with Gasteiger partial charge in [0.1, 0.15) is 11.3 Å². The van der Waals surface area contributed by atoms with Gasteiger partial charge in [0.2, 0.25) is 0 Å². The minimum Gasteiger partial charge on any atom is -0.494 e. The quantitative estimate of drug-likeness (QED) is 0.814. The van der Waals surface area contributed by atoms with E-state index in [-0.39, 0.29) is 0 Å². The van der Waals surface area contributed by atoms with Crippen molar-refractivity contribution in [2.45, 2.75) is 39.8 Å². The Hall–Kier alpha value is -1.55. The lowest BCUT2D eigenvalue weighted by Crippen LogP contribution is -2.46. The number of rotatable bonds is 6. The Bertz CT molecular complexity index is 427. The fourth-order valence-electron chi connectivity index (χ4n) is 1.54. The van der Waals surface area contributed by atoms with E-state index in [2.05, 4.69) is 5.32 Å². The number of aliphatic carboxylic acids is 1. The van der Waals surface area contributed by atoms with Crippen LogP contribution in [0.2, 0.25) is 0 Å². The topological polar surface area (TPSA) is 58.6 Å². The third-order valence-corrected chi connectivity index (χ3v) is 2.81. The maximum atomic E-state index is 11.0. The minimum absolute atomic E-state index is 0.520. The summed E-state index contributed by atoms with van der Waals surface area (Å²) in [6.07, 6.45) is 0. The van der Waals surface area contributed by atoms with Crippen LogP contribution in [0.15, 0.2) is 18.2 Å². The molecule has 1 aromatic carbocycles. The maximum Gasteiger partial charge on any atom is 0.323 e. The molecule has 0 unspecified atom stereocenters. The molecule has 4 heteroatoms. The smallest absolute Gasteiger partial charge is 0.323 e. The first-order valence-electron chi connectivity index (χ1n) is 6.07. The summed E-state index contributed by atoms with van der Waals surface area (Å²) in [6.45, 7) is 8.39. The lowest BCUT2D eigenvalue weighted by Gasteiger charge is -2.21. The van der Waals surface area contributed by atoms with Crippen molar-refractivity contribution in [3.05, 3.63) is 29.3 Å². The zero-order valence-electron chi connectivity index (χ0n) is 11.4. The molecule has 0 spiro atoms. The monoisotopic (exact) mass is 251 g/mol. The first-order valence-corrected chi connectivity index (χ1v) is 6.07. The second kappa shape index (κ2) is 5.87. The standard InChI is InChI=1S/C14H21NO3/c1-5-18-12-7-6-11(8-10(12)2)9-15-14(3,4)13(16)17/h6-8,15H,5,9H2,1-4H3,(H,16,17). The molecule has 0 aliphatic rings. The number of carboxylic acids is 1. The summed E-state index contributed by atoms with van der Waals surface area (Å²) in [4.78, 5) is 11.0. The van der Waals surface area contributed by atoms with Gasteiger partial charge in [-0.15, -0.1) is 0 Å². The van der Waals surface area contributed by atoms with Crippen LogP contribution in [0.5, 0.6) is 5.75 Å². The number of hydrogen-bond donors (Lipinski definition) is 2. The molecule has 4 nitrogen and oxygen atoms in total. The Morgan fingerprint density at radius 1 is 1.44 bits per heavy atom. The van der Waals surface area contributed by atoms with E-state index >= 15 is 0 Å². The third-order valence-electron chi connectivity index (χ3n) is 2.81. The minimum atomic E-state index is -0.924. The maximum absolute atomic E-state index is 11.0. The molecule has 0 saturated heterocycles. The molecule has 0 aliphatic heterocycles. The summed E-state index contributed by atoms with van der Waals surface area (Å²) in [5.41, 5.74) is 1.18. The number of hydrogen-bond acceptors (Lipinski definition) is 3. The SMILES string of the molecule is CCOc1ccc(CNC(C)(C)C(=O)O)cc1C. The highest BCUT2D eigenvalue weighted by molar-refractivity contribution is 5.77. The number of benzene rings is 1. The van der Waals surface area contributed by atoms with Gasteiger partial charge in [0.05, 0.1) is 6.61 Å². The molecule has 0 aliphatic carbocycles. The molecular weight excluding hydrogens is 230 g/mol. The Morgan fingerprint density at radius 3 is 2.61 bits per heavy atom. The molecule has 1 rings (SSSR count). The summed E-state index contributed by atoms with van der Waals surface area (Å²) in [6, 6.07) is 5.88. The fourth-order valence-corrected chi connectivity index (χ4v) is 1.54. The zero-order valence-corrected chi connectivity index (χ0v) is 11.4. The van der Waals surface area contributed by atoms with Crippen molar-refractivity contribution in [2.75, 3.05) is 6.61 Å². The molecule has 100 valence electrons. The normalized spacial score (nSPS) is 11.3. The highest BCUT2D eigenvalue weighted by Gasteiger charge is 2.25. The van der Waals surface area contributed by atoms with Crippen LogP contribution < -0.4 is 10.1 Å². The Kier molecular flexibility index (Phi) is 4.73. The lowest BCUT2D eigenvalue weighted by atomic mass is 10.0. The molecule has 18 heavy (non-hydrogen) atoms. The van der Waals surface area contributed by atoms with E-state index in [9.17, 15) is 4.79 Å². The number of ether oxygens (including phenoxy) is 1. The molecule has 0 radical (unpaired) electrons. The van der Waals surface area contributed by atoms with Gasteiger partial charge in [-0.05, 0) is 44.9 Å². The highest BCUT2D eigenvalue weighted by Crippen LogP contribution is 2.19. The van der Waals surface area contributed by atoms with Gasteiger partial charge < -0.3 is 9.84 Å². The van der Waals surface area contributed by atoms with Crippen LogP contribution in [-0.2, 0) is 11.3 Å². The van der Waals surface area contributed by atoms with Crippen molar-refractivity contribution in [1.82, 2.24) is 5.32 Å². The van der Waals surface area contributed by atoms with Crippen LogP contribution in [0.4, 0.5) is 0 Å². The van der Waals surface area contributed by atoms with Gasteiger partial charge in [-0.3, -0.25) is 10.1 Å². The second-order valence-electron chi connectivity index (χ2n) is 4.82. The molecule has 0 fully saturated rings. The van der Waals surface area contributed by atoms with E-state index in [0.717, 1.165) is 16.9 Å². The lowest BCUT2D eigenvalue weighted by molar-refractivity contribution is -0.143. The van der Waals surface area contributed by atoms with Crippen LogP contribution in [0.25, 0.3) is 0 Å². The second-order valence-corrected chi connectivity index (χ2v) is 4.82. The predicted molar refractivity (Wildman–Crippen MR) is 70.9 cm³/mol. The summed E-state index contributed by atoms with van der Waals surface area (Å²) >= 11 is 0. The van der Waals surface area contributed by atoms with Gasteiger partial charge >= 0.3 is 5.97 Å². The first kappa shape index (κ1) is 14.5. The predicted octanol–water partition coefficient (Wildman–Crippen LogP) is 2.35. The summed E-state index contributed by atoms with van der Waals surface area (Å²) in [5, 5.41) is 12.0. The number of aryl methyl sites for hydroxylation is 1.